The van der Waals surface area contributed by atoms with Gasteiger partial charge in [-0.3, -0.25) is 0 Å². The van der Waals surface area contributed by atoms with Gasteiger partial charge in [-0.05, 0) is 23.8 Å². The highest BCUT2D eigenvalue weighted by Crippen LogP contribution is 2.26. The lowest BCUT2D eigenvalue weighted by molar-refractivity contribution is -0.0155. The molecule has 0 bridgehead atoms. The van der Waals surface area contributed by atoms with Crippen LogP contribution in [0, 0.1) is 5.82 Å². The third-order valence-corrected chi connectivity index (χ3v) is 4.58. The molecule has 1 aliphatic heterocycles. The third-order valence-electron chi connectivity index (χ3n) is 4.29. The van der Waals surface area contributed by atoms with Crippen LogP contribution in [0.5, 0.6) is 5.75 Å². The molecule has 0 unspecified atom stereocenters. The fourth-order valence-electron chi connectivity index (χ4n) is 2.88. The van der Waals surface area contributed by atoms with Crippen LogP contribution in [0.15, 0.2) is 42.5 Å². The number of nitrogens with zero attached hydrogens (tertiary/aromatic N) is 1. The lowest BCUT2D eigenvalue weighted by Crippen LogP contribution is -2.47. The van der Waals surface area contributed by atoms with Crippen LogP contribution in [-0.4, -0.2) is 37.7 Å². The Kier molecular flexibility index (Phi) is 5.96. The minimum atomic E-state index is -0.474. The molecule has 1 atom stereocenters. The predicted octanol–water partition coefficient (Wildman–Crippen LogP) is 3.77. The molecule has 0 radical (unpaired) electrons. The Balaban J connectivity index is 1.61. The van der Waals surface area contributed by atoms with Crippen LogP contribution >= 0.6 is 11.6 Å². The first kappa shape index (κ1) is 18.5. The second kappa shape index (κ2) is 8.38. The minimum absolute atomic E-state index is 0.0452. The fraction of sp³-hybridized carbons (Fsp3) is 0.316. The van der Waals surface area contributed by atoms with Crippen LogP contribution in [0.1, 0.15) is 17.2 Å². The number of carbonyl (C=O) groups excluding carboxylic acids is 1. The van der Waals surface area contributed by atoms with Crippen LogP contribution in [0.4, 0.5) is 9.18 Å². The van der Waals surface area contributed by atoms with E-state index in [-0.39, 0.29) is 17.2 Å². The summed E-state index contributed by atoms with van der Waals surface area (Å²) in [4.78, 5) is 14.2. The number of carbonyl (C=O) groups is 1. The molecule has 3 rings (SSSR count). The summed E-state index contributed by atoms with van der Waals surface area (Å²) in [6.45, 7) is 1.64. The van der Waals surface area contributed by atoms with Crippen molar-refractivity contribution in [3.8, 4) is 5.75 Å². The first-order valence-corrected chi connectivity index (χ1v) is 8.67. The molecule has 0 aromatic heterocycles. The zero-order chi connectivity index (χ0) is 18.5. The molecule has 2 aromatic rings. The Bertz CT molecular complexity index is 787. The van der Waals surface area contributed by atoms with E-state index in [1.165, 1.54) is 12.1 Å². The number of halogens is 2. The molecule has 2 amide bonds. The van der Waals surface area contributed by atoms with Crippen molar-refractivity contribution in [2.45, 2.75) is 12.6 Å². The number of urea groups is 1. The van der Waals surface area contributed by atoms with Gasteiger partial charge in [0.25, 0.3) is 0 Å². The average molecular weight is 379 g/mol. The Morgan fingerprint density at radius 1 is 1.38 bits per heavy atom. The van der Waals surface area contributed by atoms with E-state index in [2.05, 4.69) is 5.32 Å². The van der Waals surface area contributed by atoms with E-state index < -0.39 is 5.82 Å². The lowest BCUT2D eigenvalue weighted by atomic mass is 10.1. The first-order valence-electron chi connectivity index (χ1n) is 8.29. The van der Waals surface area contributed by atoms with Gasteiger partial charge in [-0.2, -0.15) is 0 Å². The van der Waals surface area contributed by atoms with Crippen LogP contribution in [0.25, 0.3) is 0 Å². The van der Waals surface area contributed by atoms with Crippen molar-refractivity contribution in [1.82, 2.24) is 10.2 Å². The van der Waals surface area contributed by atoms with Crippen molar-refractivity contribution >= 4 is 17.6 Å². The summed E-state index contributed by atoms with van der Waals surface area (Å²) < 4.78 is 24.3. The predicted molar refractivity (Wildman–Crippen MR) is 96.9 cm³/mol. The zero-order valence-electron chi connectivity index (χ0n) is 14.4. The number of methoxy groups -OCH3 is 1. The number of ether oxygens (including phenoxy) is 2. The summed E-state index contributed by atoms with van der Waals surface area (Å²) in [5.74, 6) is 0.256. The second-order valence-corrected chi connectivity index (χ2v) is 6.36. The van der Waals surface area contributed by atoms with Gasteiger partial charge in [0.2, 0.25) is 0 Å². The molecule has 138 valence electrons. The van der Waals surface area contributed by atoms with E-state index in [0.29, 0.717) is 26.2 Å². The SMILES string of the molecule is COc1ccccc1CNC(=O)N1CCO[C@H](c2ccc(F)c(Cl)c2)C1. The van der Waals surface area contributed by atoms with Crippen molar-refractivity contribution in [2.24, 2.45) is 0 Å². The Morgan fingerprint density at radius 3 is 2.96 bits per heavy atom. The second-order valence-electron chi connectivity index (χ2n) is 5.95. The smallest absolute Gasteiger partial charge is 0.317 e. The van der Waals surface area contributed by atoms with Gasteiger partial charge in [0.05, 0.1) is 25.3 Å². The summed E-state index contributed by atoms with van der Waals surface area (Å²) in [6.07, 6.45) is -0.334. The number of nitrogens with one attached hydrogen (secondary N) is 1. The van der Waals surface area contributed by atoms with Gasteiger partial charge in [-0.25, -0.2) is 9.18 Å². The van der Waals surface area contributed by atoms with E-state index in [0.717, 1.165) is 16.9 Å². The van der Waals surface area contributed by atoms with Crippen molar-refractivity contribution in [2.75, 3.05) is 26.8 Å². The van der Waals surface area contributed by atoms with E-state index in [1.807, 2.05) is 24.3 Å². The number of amides is 2. The maximum Gasteiger partial charge on any atom is 0.317 e. The van der Waals surface area contributed by atoms with Gasteiger partial charge in [0.15, 0.2) is 0 Å². The van der Waals surface area contributed by atoms with Gasteiger partial charge in [0.1, 0.15) is 17.7 Å². The van der Waals surface area contributed by atoms with Gasteiger partial charge in [-0.15, -0.1) is 0 Å². The number of hydrogen-bond donors (Lipinski definition) is 1. The molecule has 1 aliphatic rings. The van der Waals surface area contributed by atoms with Gasteiger partial charge in [-0.1, -0.05) is 35.9 Å². The summed E-state index contributed by atoms with van der Waals surface area (Å²) in [6, 6.07) is 11.8. The summed E-state index contributed by atoms with van der Waals surface area (Å²) in [5.41, 5.74) is 1.65. The quantitative estimate of drug-likeness (QED) is 0.881. The molecule has 0 saturated carbocycles. The molecule has 1 fully saturated rings. The van der Waals surface area contributed by atoms with Crippen molar-refractivity contribution in [3.63, 3.8) is 0 Å². The van der Waals surface area contributed by atoms with E-state index in [4.69, 9.17) is 21.1 Å². The molecule has 0 spiro atoms. The largest absolute Gasteiger partial charge is 0.496 e. The van der Waals surface area contributed by atoms with E-state index >= 15 is 0 Å². The normalized spacial score (nSPS) is 17.0. The van der Waals surface area contributed by atoms with E-state index in [1.54, 1.807) is 18.1 Å². The van der Waals surface area contributed by atoms with Gasteiger partial charge in [0, 0.05) is 18.7 Å². The Morgan fingerprint density at radius 2 is 2.19 bits per heavy atom. The van der Waals surface area contributed by atoms with Crippen molar-refractivity contribution in [1.29, 1.82) is 0 Å². The maximum atomic E-state index is 13.3. The monoisotopic (exact) mass is 378 g/mol. The van der Waals surface area contributed by atoms with Gasteiger partial charge >= 0.3 is 6.03 Å². The van der Waals surface area contributed by atoms with Gasteiger partial charge < -0.3 is 19.7 Å². The molecule has 0 aliphatic carbocycles. The standard InChI is InChI=1S/C19H20ClFN2O3/c1-25-17-5-3-2-4-14(17)11-22-19(24)23-8-9-26-18(12-23)13-6-7-16(21)15(20)10-13/h2-7,10,18H,8-9,11-12H2,1H3,(H,22,24)/t18-/m0/s1. The summed E-state index contributed by atoms with van der Waals surface area (Å²) >= 11 is 5.84. The molecule has 2 aromatic carbocycles. The van der Waals surface area contributed by atoms with E-state index in [9.17, 15) is 9.18 Å². The molecule has 7 heteroatoms. The molecule has 1 heterocycles. The highest BCUT2D eigenvalue weighted by molar-refractivity contribution is 6.30. The maximum absolute atomic E-state index is 13.3. The summed E-state index contributed by atoms with van der Waals surface area (Å²) in [7, 11) is 1.60. The fourth-order valence-corrected chi connectivity index (χ4v) is 3.07. The highest BCUT2D eigenvalue weighted by atomic mass is 35.5. The first-order chi connectivity index (χ1) is 12.6. The van der Waals surface area contributed by atoms with Crippen LogP contribution in [-0.2, 0) is 11.3 Å². The molecule has 1 N–H and O–H groups in total. The number of rotatable bonds is 4. The summed E-state index contributed by atoms with van der Waals surface area (Å²) in [5, 5.41) is 2.95. The topological polar surface area (TPSA) is 50.8 Å². The number of hydrogen-bond acceptors (Lipinski definition) is 3. The van der Waals surface area contributed by atoms with Crippen molar-refractivity contribution < 1.29 is 18.7 Å². The third kappa shape index (κ3) is 4.26. The Hall–Kier alpha value is -2.31. The molecule has 26 heavy (non-hydrogen) atoms. The zero-order valence-corrected chi connectivity index (χ0v) is 15.1. The number of para-hydroxylation sites is 1. The lowest BCUT2D eigenvalue weighted by Gasteiger charge is -2.33. The van der Waals surface area contributed by atoms with Crippen LogP contribution < -0.4 is 10.1 Å². The van der Waals surface area contributed by atoms with Crippen LogP contribution in [0.2, 0.25) is 5.02 Å². The molecular formula is C19H20ClFN2O3. The molecule has 5 nitrogen and oxygen atoms in total. The Labute approximate surface area is 156 Å². The number of benzene rings is 2. The molecular weight excluding hydrogens is 359 g/mol. The molecule has 1 saturated heterocycles. The van der Waals surface area contributed by atoms with Crippen molar-refractivity contribution in [3.05, 3.63) is 64.4 Å². The minimum Gasteiger partial charge on any atom is -0.496 e. The number of morpholine rings is 1. The average Bonchev–Trinajstić information content (AvgIpc) is 2.68. The van der Waals surface area contributed by atoms with Crippen LogP contribution in [0.3, 0.4) is 0 Å². The highest BCUT2D eigenvalue weighted by Gasteiger charge is 2.26.